The number of hydrogen-bond donors (Lipinski definition) is 1. The second-order valence-electron chi connectivity index (χ2n) is 7.02. The van der Waals surface area contributed by atoms with Gasteiger partial charge in [0.2, 0.25) is 10.0 Å². The number of sulfone groups is 1. The number of nitro groups is 1. The number of nitrogens with zero attached hydrogens (tertiary/aromatic N) is 1. The minimum absolute atomic E-state index is 0.0644. The van der Waals surface area contributed by atoms with Crippen LogP contribution in [-0.2, 0) is 19.9 Å². The van der Waals surface area contributed by atoms with Crippen molar-refractivity contribution in [3.8, 4) is 0 Å². The zero-order valence-electron chi connectivity index (χ0n) is 16.7. The van der Waals surface area contributed by atoms with E-state index in [9.17, 15) is 26.9 Å². The third kappa shape index (κ3) is 4.98. The van der Waals surface area contributed by atoms with Crippen molar-refractivity contribution in [3.63, 3.8) is 0 Å². The molecule has 0 aliphatic rings. The summed E-state index contributed by atoms with van der Waals surface area (Å²) >= 11 is 0. The normalized spacial score (nSPS) is 13.0. The van der Waals surface area contributed by atoms with Crippen LogP contribution in [0.25, 0.3) is 0 Å². The number of benzene rings is 3. The van der Waals surface area contributed by atoms with Crippen molar-refractivity contribution in [1.29, 1.82) is 0 Å². The molecule has 10 heteroatoms. The number of sulfonamides is 1. The van der Waals surface area contributed by atoms with Crippen LogP contribution in [0.4, 0.5) is 5.69 Å². The van der Waals surface area contributed by atoms with Gasteiger partial charge >= 0.3 is 0 Å². The molecule has 3 aromatic rings. The van der Waals surface area contributed by atoms with Crippen LogP contribution in [-0.4, -0.2) is 21.8 Å². The highest BCUT2D eigenvalue weighted by Gasteiger charge is 2.34. The monoisotopic (exact) mass is 460 g/mol. The number of nitro benzene ring substituents is 1. The summed E-state index contributed by atoms with van der Waals surface area (Å²) < 4.78 is 54.9. The lowest BCUT2D eigenvalue weighted by molar-refractivity contribution is -0.384. The molecule has 0 amide bonds. The number of aryl methyl sites for hydroxylation is 2. The van der Waals surface area contributed by atoms with Gasteiger partial charge in [0.1, 0.15) is 0 Å². The molecule has 0 spiro atoms. The predicted octanol–water partition coefficient (Wildman–Crippen LogP) is 3.66. The molecule has 0 heterocycles. The lowest BCUT2D eigenvalue weighted by Crippen LogP contribution is -2.34. The van der Waals surface area contributed by atoms with Gasteiger partial charge in [0, 0.05) is 12.1 Å². The molecule has 0 radical (unpaired) electrons. The number of non-ortho nitro benzene ring substituents is 1. The molecule has 1 unspecified atom stereocenters. The van der Waals surface area contributed by atoms with Crippen molar-refractivity contribution in [2.45, 2.75) is 29.0 Å². The van der Waals surface area contributed by atoms with Crippen molar-refractivity contribution < 1.29 is 21.8 Å². The number of rotatable bonds is 7. The fourth-order valence-electron chi connectivity index (χ4n) is 2.90. The van der Waals surface area contributed by atoms with Gasteiger partial charge in [-0.2, -0.15) is 4.72 Å². The highest BCUT2D eigenvalue weighted by Crippen LogP contribution is 2.30. The third-order valence-corrected chi connectivity index (χ3v) is 8.16. The second-order valence-corrected chi connectivity index (χ2v) is 10.8. The Morgan fingerprint density at radius 1 is 0.806 bits per heavy atom. The third-order valence-electron chi connectivity index (χ3n) is 4.64. The summed E-state index contributed by atoms with van der Waals surface area (Å²) in [6.07, 6.45) is 0. The fourth-order valence-corrected chi connectivity index (χ4v) is 6.13. The van der Waals surface area contributed by atoms with E-state index in [1.807, 2.05) is 0 Å². The molecule has 8 nitrogen and oxygen atoms in total. The summed E-state index contributed by atoms with van der Waals surface area (Å²) in [5, 5.41) is 9.43. The molecule has 0 saturated heterocycles. The van der Waals surface area contributed by atoms with Gasteiger partial charge in [-0.25, -0.2) is 16.8 Å². The van der Waals surface area contributed by atoms with E-state index in [0.29, 0.717) is 0 Å². The minimum Gasteiger partial charge on any atom is -0.258 e. The van der Waals surface area contributed by atoms with E-state index in [-0.39, 0.29) is 21.0 Å². The van der Waals surface area contributed by atoms with E-state index in [2.05, 4.69) is 4.72 Å². The van der Waals surface area contributed by atoms with Gasteiger partial charge in [-0.15, -0.1) is 0 Å². The Bertz CT molecular complexity index is 1320. The van der Waals surface area contributed by atoms with Gasteiger partial charge in [-0.1, -0.05) is 47.5 Å². The topological polar surface area (TPSA) is 123 Å². The highest BCUT2D eigenvalue weighted by atomic mass is 32.2. The van der Waals surface area contributed by atoms with Crippen LogP contribution in [0.1, 0.15) is 22.1 Å². The molecule has 1 N–H and O–H groups in total. The summed E-state index contributed by atoms with van der Waals surface area (Å²) in [5.74, 6) is 0. The van der Waals surface area contributed by atoms with Crippen LogP contribution in [0.15, 0.2) is 82.6 Å². The maximum absolute atomic E-state index is 13.4. The average Bonchev–Trinajstić information content (AvgIpc) is 2.72. The van der Waals surface area contributed by atoms with Crippen LogP contribution in [0.5, 0.6) is 0 Å². The SMILES string of the molecule is Cc1ccc(S(=O)(=O)NC(c2cccc([N+](=O)[O-])c2)S(=O)(=O)c2ccc(C)cc2)cc1. The van der Waals surface area contributed by atoms with Crippen molar-refractivity contribution in [2.24, 2.45) is 0 Å². The summed E-state index contributed by atoms with van der Waals surface area (Å²) in [6.45, 7) is 3.58. The van der Waals surface area contributed by atoms with Gasteiger partial charge in [0.05, 0.1) is 14.7 Å². The van der Waals surface area contributed by atoms with E-state index in [0.717, 1.165) is 17.2 Å². The van der Waals surface area contributed by atoms with Crippen molar-refractivity contribution in [2.75, 3.05) is 0 Å². The second kappa shape index (κ2) is 8.58. The Hall–Kier alpha value is -3.08. The number of hydrogen-bond acceptors (Lipinski definition) is 6. The standard InChI is InChI=1S/C21H20N2O6S2/c1-15-6-10-19(11-7-15)30(26,27)21(17-4-3-5-18(14-17)23(24)25)22-31(28,29)20-12-8-16(2)9-13-20/h3-14,21-22H,1-2H3. The number of nitrogens with one attached hydrogen (secondary N) is 1. The van der Waals surface area contributed by atoms with E-state index >= 15 is 0 Å². The van der Waals surface area contributed by atoms with Gasteiger partial charge < -0.3 is 0 Å². The molecule has 3 aromatic carbocycles. The quantitative estimate of drug-likeness (QED) is 0.424. The molecule has 0 aliphatic carbocycles. The average molecular weight is 461 g/mol. The summed E-state index contributed by atoms with van der Waals surface area (Å²) in [5.41, 5.74) is 1.24. The van der Waals surface area contributed by atoms with Crippen LogP contribution in [0.2, 0.25) is 0 Å². The largest absolute Gasteiger partial charge is 0.269 e. The zero-order chi connectivity index (χ0) is 22.8. The van der Waals surface area contributed by atoms with Gasteiger partial charge in [-0.3, -0.25) is 10.1 Å². The lowest BCUT2D eigenvalue weighted by Gasteiger charge is -2.20. The molecule has 1 atom stereocenters. The van der Waals surface area contributed by atoms with Gasteiger partial charge in [0.15, 0.2) is 15.2 Å². The van der Waals surface area contributed by atoms with Crippen LogP contribution in [0.3, 0.4) is 0 Å². The van der Waals surface area contributed by atoms with E-state index < -0.39 is 30.2 Å². The Balaban J connectivity index is 2.14. The molecule has 0 aliphatic heterocycles. The van der Waals surface area contributed by atoms with Crippen LogP contribution in [0, 0.1) is 24.0 Å². The maximum Gasteiger partial charge on any atom is 0.269 e. The van der Waals surface area contributed by atoms with Crippen molar-refractivity contribution in [3.05, 3.63) is 99.6 Å². The molecule has 0 saturated carbocycles. The molecule has 31 heavy (non-hydrogen) atoms. The van der Waals surface area contributed by atoms with E-state index in [4.69, 9.17) is 0 Å². The van der Waals surface area contributed by atoms with Crippen molar-refractivity contribution >= 4 is 25.5 Å². The predicted molar refractivity (Wildman–Crippen MR) is 116 cm³/mol. The van der Waals surface area contributed by atoms with E-state index in [1.165, 1.54) is 42.5 Å². The molecule has 0 bridgehead atoms. The summed E-state index contributed by atoms with van der Waals surface area (Å²) in [6, 6.07) is 16.7. The van der Waals surface area contributed by atoms with E-state index in [1.54, 1.807) is 38.1 Å². The minimum atomic E-state index is -4.28. The first-order valence-electron chi connectivity index (χ1n) is 9.14. The summed E-state index contributed by atoms with van der Waals surface area (Å²) in [7, 11) is -8.53. The Labute approximate surface area is 180 Å². The molecular formula is C21H20N2O6S2. The lowest BCUT2D eigenvalue weighted by atomic mass is 10.2. The van der Waals surface area contributed by atoms with Crippen LogP contribution < -0.4 is 4.72 Å². The van der Waals surface area contributed by atoms with Gasteiger partial charge in [-0.05, 0) is 43.7 Å². The highest BCUT2D eigenvalue weighted by molar-refractivity contribution is 7.94. The molecular weight excluding hydrogens is 440 g/mol. The molecule has 0 fully saturated rings. The summed E-state index contributed by atoms with van der Waals surface area (Å²) in [4.78, 5) is 10.3. The Kier molecular flexibility index (Phi) is 6.25. The Morgan fingerprint density at radius 3 is 1.84 bits per heavy atom. The molecule has 162 valence electrons. The maximum atomic E-state index is 13.4. The Morgan fingerprint density at radius 2 is 1.32 bits per heavy atom. The fraction of sp³-hybridized carbons (Fsp3) is 0.143. The zero-order valence-corrected chi connectivity index (χ0v) is 18.4. The van der Waals surface area contributed by atoms with Crippen molar-refractivity contribution in [1.82, 2.24) is 4.72 Å². The first kappa shape index (κ1) is 22.6. The first-order valence-corrected chi connectivity index (χ1v) is 12.2. The smallest absolute Gasteiger partial charge is 0.258 e. The van der Waals surface area contributed by atoms with Gasteiger partial charge in [0.25, 0.3) is 5.69 Å². The molecule has 0 aromatic heterocycles. The first-order chi connectivity index (χ1) is 14.5. The molecule has 3 rings (SSSR count). The van der Waals surface area contributed by atoms with Crippen LogP contribution >= 0.6 is 0 Å².